The van der Waals surface area contributed by atoms with Crippen molar-refractivity contribution in [2.45, 2.75) is 26.7 Å². The molecule has 0 spiro atoms. The molecule has 0 fully saturated rings. The molecule has 0 radical (unpaired) electrons. The maximum Gasteiger partial charge on any atom is 0.240 e. The minimum atomic E-state index is -0.349. The van der Waals surface area contributed by atoms with Crippen molar-refractivity contribution in [1.82, 2.24) is 5.43 Å². The number of carbonyl (C=O) groups excluding carboxylic acids is 2. The van der Waals surface area contributed by atoms with Crippen molar-refractivity contribution in [1.29, 1.82) is 0 Å². The van der Waals surface area contributed by atoms with Gasteiger partial charge >= 0.3 is 0 Å². The van der Waals surface area contributed by atoms with Gasteiger partial charge in [0.05, 0.1) is 12.8 Å². The number of ether oxygens (including phenoxy) is 1. The summed E-state index contributed by atoms with van der Waals surface area (Å²) in [5.41, 5.74) is 4.60. The van der Waals surface area contributed by atoms with E-state index in [1.165, 1.54) is 6.21 Å². The van der Waals surface area contributed by atoms with Gasteiger partial charge < -0.3 is 10.1 Å². The fraction of sp³-hybridized carbons (Fsp3) is 0.250. The average Bonchev–Trinajstić information content (AvgIpc) is 2.65. The van der Waals surface area contributed by atoms with Gasteiger partial charge in [-0.2, -0.15) is 5.10 Å². The first kappa shape index (κ1) is 20.5. The standard InChI is InChI=1S/C20H22ClN3O3/c1-3-27-18-10-5-4-7-15(18)13-22-24-20(26)12-11-19(25)23-17-9-6-8-16(21)14(17)2/h4-10,13H,3,11-12H2,1-2H3,(H,23,25)(H,24,26)/b22-13+. The second kappa shape index (κ2) is 10.3. The van der Waals surface area contributed by atoms with Crippen LogP contribution in [-0.2, 0) is 9.59 Å². The number of halogens is 1. The van der Waals surface area contributed by atoms with Crippen LogP contribution in [0.25, 0.3) is 0 Å². The summed E-state index contributed by atoms with van der Waals surface area (Å²) in [6.45, 7) is 4.25. The van der Waals surface area contributed by atoms with Gasteiger partial charge in [-0.05, 0) is 43.7 Å². The molecule has 7 heteroatoms. The second-order valence-corrected chi connectivity index (χ2v) is 6.13. The van der Waals surface area contributed by atoms with Crippen LogP contribution in [-0.4, -0.2) is 24.6 Å². The maximum absolute atomic E-state index is 12.0. The van der Waals surface area contributed by atoms with E-state index in [0.29, 0.717) is 23.1 Å². The van der Waals surface area contributed by atoms with Gasteiger partial charge in [-0.15, -0.1) is 0 Å². The van der Waals surface area contributed by atoms with Crippen molar-refractivity contribution in [2.24, 2.45) is 5.10 Å². The molecule has 0 aromatic heterocycles. The van der Waals surface area contributed by atoms with Crippen LogP contribution in [0.3, 0.4) is 0 Å². The summed E-state index contributed by atoms with van der Waals surface area (Å²) in [4.78, 5) is 23.9. The molecule has 2 N–H and O–H groups in total. The quantitative estimate of drug-likeness (QED) is 0.532. The first-order valence-electron chi connectivity index (χ1n) is 8.60. The Balaban J connectivity index is 1.81. The molecule has 0 saturated heterocycles. The molecule has 2 rings (SSSR count). The van der Waals surface area contributed by atoms with Crippen LogP contribution in [0.1, 0.15) is 30.9 Å². The molecule has 0 unspecified atom stereocenters. The summed E-state index contributed by atoms with van der Waals surface area (Å²) in [5, 5.41) is 7.25. The van der Waals surface area contributed by atoms with Gasteiger partial charge in [-0.1, -0.05) is 29.8 Å². The number of hydrogen-bond acceptors (Lipinski definition) is 4. The molecule has 142 valence electrons. The van der Waals surface area contributed by atoms with Crippen molar-refractivity contribution < 1.29 is 14.3 Å². The number of hydrogen-bond donors (Lipinski definition) is 2. The molecule has 0 aliphatic carbocycles. The minimum absolute atomic E-state index is 0.0237. The number of amides is 2. The van der Waals surface area contributed by atoms with Crippen LogP contribution in [0, 0.1) is 6.92 Å². The summed E-state index contributed by atoms with van der Waals surface area (Å²) in [6.07, 6.45) is 1.58. The lowest BCUT2D eigenvalue weighted by molar-refractivity contribution is -0.124. The van der Waals surface area contributed by atoms with Crippen LogP contribution in [0.2, 0.25) is 5.02 Å². The van der Waals surface area contributed by atoms with Gasteiger partial charge in [0.2, 0.25) is 11.8 Å². The Bertz CT molecular complexity index is 837. The summed E-state index contributed by atoms with van der Waals surface area (Å²) in [7, 11) is 0. The van der Waals surface area contributed by atoms with Crippen LogP contribution < -0.4 is 15.5 Å². The molecular formula is C20H22ClN3O3. The zero-order valence-corrected chi connectivity index (χ0v) is 16.0. The molecule has 0 atom stereocenters. The third kappa shape index (κ3) is 6.42. The Labute approximate surface area is 163 Å². The molecule has 2 amide bonds. The lowest BCUT2D eigenvalue weighted by Crippen LogP contribution is -2.21. The number of anilines is 1. The number of carbonyl (C=O) groups is 2. The first-order valence-corrected chi connectivity index (χ1v) is 8.97. The molecule has 6 nitrogen and oxygen atoms in total. The molecule has 0 bridgehead atoms. The molecule has 0 aliphatic rings. The Morgan fingerprint density at radius 2 is 1.85 bits per heavy atom. The predicted octanol–water partition coefficient (Wildman–Crippen LogP) is 3.92. The summed E-state index contributed by atoms with van der Waals surface area (Å²) in [6, 6.07) is 12.7. The third-order valence-electron chi connectivity index (χ3n) is 3.73. The van der Waals surface area contributed by atoms with E-state index < -0.39 is 0 Å². The highest BCUT2D eigenvalue weighted by atomic mass is 35.5. The van der Waals surface area contributed by atoms with Crippen LogP contribution >= 0.6 is 11.6 Å². The maximum atomic E-state index is 12.0. The molecule has 0 saturated carbocycles. The Kier molecular flexibility index (Phi) is 7.82. The minimum Gasteiger partial charge on any atom is -0.493 e. The van der Waals surface area contributed by atoms with Crippen molar-refractivity contribution in [3.8, 4) is 5.75 Å². The number of nitrogens with one attached hydrogen (secondary N) is 2. The fourth-order valence-corrected chi connectivity index (χ4v) is 2.46. The van der Waals surface area contributed by atoms with Crippen LogP contribution in [0.15, 0.2) is 47.6 Å². The van der Waals surface area contributed by atoms with Gasteiger partial charge in [-0.3, -0.25) is 9.59 Å². The highest BCUT2D eigenvalue weighted by Gasteiger charge is 2.09. The monoisotopic (exact) mass is 387 g/mol. The Hall–Kier alpha value is -2.86. The SMILES string of the molecule is CCOc1ccccc1/C=N/NC(=O)CCC(=O)Nc1cccc(Cl)c1C. The van der Waals surface area contributed by atoms with Gasteiger partial charge in [0, 0.05) is 29.1 Å². The zero-order valence-electron chi connectivity index (χ0n) is 15.3. The molecule has 2 aromatic rings. The highest BCUT2D eigenvalue weighted by molar-refractivity contribution is 6.31. The average molecular weight is 388 g/mol. The predicted molar refractivity (Wildman–Crippen MR) is 107 cm³/mol. The van der Waals surface area contributed by atoms with E-state index in [1.807, 2.05) is 38.1 Å². The van der Waals surface area contributed by atoms with E-state index >= 15 is 0 Å². The van der Waals surface area contributed by atoms with Crippen molar-refractivity contribution >= 4 is 35.3 Å². The van der Waals surface area contributed by atoms with Gasteiger partial charge in [-0.25, -0.2) is 5.43 Å². The van der Waals surface area contributed by atoms with E-state index in [0.717, 1.165) is 11.1 Å². The van der Waals surface area contributed by atoms with Crippen molar-refractivity contribution in [3.05, 3.63) is 58.6 Å². The number of nitrogens with zero attached hydrogens (tertiary/aromatic N) is 1. The molecule has 2 aromatic carbocycles. The molecule has 0 heterocycles. The molecule has 0 aliphatic heterocycles. The highest BCUT2D eigenvalue weighted by Crippen LogP contribution is 2.23. The molecule has 27 heavy (non-hydrogen) atoms. The van der Waals surface area contributed by atoms with Crippen LogP contribution in [0.4, 0.5) is 5.69 Å². The van der Waals surface area contributed by atoms with Gasteiger partial charge in [0.1, 0.15) is 5.75 Å². The number of rotatable bonds is 8. The Morgan fingerprint density at radius 1 is 1.11 bits per heavy atom. The van der Waals surface area contributed by atoms with Crippen molar-refractivity contribution in [3.63, 3.8) is 0 Å². The van der Waals surface area contributed by atoms with Gasteiger partial charge in [0.25, 0.3) is 0 Å². The molecular weight excluding hydrogens is 366 g/mol. The van der Waals surface area contributed by atoms with Crippen LogP contribution in [0.5, 0.6) is 5.75 Å². The van der Waals surface area contributed by atoms with E-state index in [9.17, 15) is 9.59 Å². The third-order valence-corrected chi connectivity index (χ3v) is 4.14. The number of hydrazone groups is 1. The topological polar surface area (TPSA) is 79.8 Å². The van der Waals surface area contributed by atoms with Gasteiger partial charge in [0.15, 0.2) is 0 Å². The lowest BCUT2D eigenvalue weighted by atomic mass is 10.2. The van der Waals surface area contributed by atoms with E-state index in [4.69, 9.17) is 16.3 Å². The van der Waals surface area contributed by atoms with E-state index in [2.05, 4.69) is 15.8 Å². The van der Waals surface area contributed by atoms with E-state index in [-0.39, 0.29) is 24.7 Å². The fourth-order valence-electron chi connectivity index (χ4n) is 2.29. The van der Waals surface area contributed by atoms with E-state index in [1.54, 1.807) is 18.2 Å². The number of para-hydroxylation sites is 1. The first-order chi connectivity index (χ1) is 13.0. The Morgan fingerprint density at radius 3 is 2.63 bits per heavy atom. The normalized spacial score (nSPS) is 10.6. The lowest BCUT2D eigenvalue weighted by Gasteiger charge is -2.09. The number of benzene rings is 2. The van der Waals surface area contributed by atoms with Crippen molar-refractivity contribution in [2.75, 3.05) is 11.9 Å². The summed E-state index contributed by atoms with van der Waals surface area (Å²) >= 11 is 6.02. The zero-order chi connectivity index (χ0) is 19.6. The largest absolute Gasteiger partial charge is 0.493 e. The summed E-state index contributed by atoms with van der Waals surface area (Å²) in [5.74, 6) is 0.0774. The second-order valence-electron chi connectivity index (χ2n) is 5.72. The summed E-state index contributed by atoms with van der Waals surface area (Å²) < 4.78 is 5.48. The smallest absolute Gasteiger partial charge is 0.240 e.